The lowest BCUT2D eigenvalue weighted by Gasteiger charge is -2.30. The van der Waals surface area contributed by atoms with Gasteiger partial charge in [-0.3, -0.25) is 4.79 Å². The molecule has 2 aromatic heterocycles. The summed E-state index contributed by atoms with van der Waals surface area (Å²) in [7, 11) is -1.13. The third kappa shape index (κ3) is 6.29. The molecule has 45 heavy (non-hydrogen) atoms. The van der Waals surface area contributed by atoms with Gasteiger partial charge >= 0.3 is 13.3 Å². The highest BCUT2D eigenvalue weighted by Gasteiger charge is 2.62. The Morgan fingerprint density at radius 3 is 2.42 bits per heavy atom. The number of pyridine rings is 1. The van der Waals surface area contributed by atoms with Crippen molar-refractivity contribution in [2.75, 3.05) is 0 Å². The Bertz CT molecular complexity index is 1790. The lowest BCUT2D eigenvalue weighted by molar-refractivity contribution is -0.275. The molecular formula is C31H28BCl3F3N3O4. The number of carbonyl (C=O) groups is 1. The molecule has 0 radical (unpaired) electrons. The summed E-state index contributed by atoms with van der Waals surface area (Å²) in [5.74, 6) is -0.433. The monoisotopic (exact) mass is 679 g/mol. The second kappa shape index (κ2) is 12.2. The summed E-state index contributed by atoms with van der Waals surface area (Å²) in [6, 6.07) is 15.6. The van der Waals surface area contributed by atoms with E-state index in [4.69, 9.17) is 44.3 Å². The van der Waals surface area contributed by atoms with Crippen LogP contribution >= 0.6 is 34.8 Å². The average molecular weight is 681 g/mol. The van der Waals surface area contributed by atoms with Gasteiger partial charge in [-0.1, -0.05) is 64.2 Å². The van der Waals surface area contributed by atoms with Crippen LogP contribution in [0.5, 0.6) is 0 Å². The molecule has 2 N–H and O–H groups in total. The number of fused-ring (bicyclic) bond motifs is 1. The number of amides is 1. The zero-order chi connectivity index (χ0) is 32.9. The first-order valence-corrected chi connectivity index (χ1v) is 15.0. The Balaban J connectivity index is 1.44. The number of nitrogens with one attached hydrogen (secondary N) is 1. The third-order valence-corrected chi connectivity index (χ3v) is 8.79. The van der Waals surface area contributed by atoms with E-state index < -0.39 is 36.8 Å². The zero-order valence-electron chi connectivity index (χ0n) is 24.5. The summed E-state index contributed by atoms with van der Waals surface area (Å²) in [5.41, 5.74) is -1.75. The zero-order valence-corrected chi connectivity index (χ0v) is 26.8. The van der Waals surface area contributed by atoms with E-state index in [1.54, 1.807) is 40.9 Å². The van der Waals surface area contributed by atoms with Gasteiger partial charge in [-0.2, -0.15) is 13.2 Å². The molecule has 236 valence electrons. The molecule has 1 aliphatic rings. The van der Waals surface area contributed by atoms with Gasteiger partial charge in [0.05, 0.1) is 38.3 Å². The fraction of sp³-hybridized carbons (Fsp3) is 0.290. The van der Waals surface area contributed by atoms with E-state index in [-0.39, 0.29) is 38.1 Å². The molecule has 0 spiro atoms. The molecule has 0 bridgehead atoms. The fourth-order valence-electron chi connectivity index (χ4n) is 5.24. The van der Waals surface area contributed by atoms with Crippen molar-refractivity contribution in [3.05, 3.63) is 104 Å². The highest BCUT2D eigenvalue weighted by molar-refractivity contribution is 6.60. The largest absolute Gasteiger partial charge is 0.491 e. The quantitative estimate of drug-likeness (QED) is 0.152. The van der Waals surface area contributed by atoms with Crippen molar-refractivity contribution in [2.24, 2.45) is 5.16 Å². The van der Waals surface area contributed by atoms with Crippen LogP contribution in [0, 0.1) is 0 Å². The number of hydrogen-bond donors (Lipinski definition) is 2. The van der Waals surface area contributed by atoms with Gasteiger partial charge in [0.1, 0.15) is 5.69 Å². The maximum Gasteiger partial charge on any atom is 0.491 e. The van der Waals surface area contributed by atoms with Crippen LogP contribution in [0.2, 0.25) is 15.1 Å². The number of halogens is 6. The molecule has 1 unspecified atom stereocenters. The fourth-order valence-corrected chi connectivity index (χ4v) is 5.84. The molecule has 4 aromatic rings. The molecule has 0 saturated carbocycles. The normalized spacial score (nSPS) is 17.0. The minimum Gasteiger partial charge on any atom is -0.423 e. The molecule has 0 fully saturated rings. The van der Waals surface area contributed by atoms with E-state index in [0.717, 1.165) is 17.7 Å². The van der Waals surface area contributed by atoms with Crippen molar-refractivity contribution in [1.82, 2.24) is 9.72 Å². The van der Waals surface area contributed by atoms with E-state index in [0.29, 0.717) is 16.5 Å². The average Bonchev–Trinajstić information content (AvgIpc) is 3.63. The van der Waals surface area contributed by atoms with Crippen LogP contribution in [0.3, 0.4) is 0 Å². The van der Waals surface area contributed by atoms with Crippen LogP contribution in [0.1, 0.15) is 61.3 Å². The maximum absolute atomic E-state index is 14.6. The number of carbonyl (C=O) groups excluding carboxylic acids is 1. The van der Waals surface area contributed by atoms with Gasteiger partial charge in [0, 0.05) is 23.4 Å². The number of rotatable bonds is 8. The molecule has 1 aliphatic heterocycles. The minimum atomic E-state index is -4.89. The summed E-state index contributed by atoms with van der Waals surface area (Å²) in [4.78, 5) is 18.8. The summed E-state index contributed by atoms with van der Waals surface area (Å²) >= 11 is 18.1. The highest BCUT2D eigenvalue weighted by atomic mass is 35.5. The lowest BCUT2D eigenvalue weighted by Crippen LogP contribution is -2.43. The number of hydrogen-bond acceptors (Lipinski definition) is 5. The van der Waals surface area contributed by atoms with E-state index in [9.17, 15) is 23.0 Å². The van der Waals surface area contributed by atoms with Gasteiger partial charge < -0.3 is 24.2 Å². The highest BCUT2D eigenvalue weighted by Crippen LogP contribution is 2.50. The van der Waals surface area contributed by atoms with Gasteiger partial charge in [-0.05, 0) is 75.1 Å². The summed E-state index contributed by atoms with van der Waals surface area (Å²) in [5, 5.41) is 16.9. The van der Waals surface area contributed by atoms with Gasteiger partial charge in [0.25, 0.3) is 11.5 Å². The summed E-state index contributed by atoms with van der Waals surface area (Å²) < 4.78 is 50.9. The van der Waals surface area contributed by atoms with Crippen LogP contribution in [-0.4, -0.2) is 40.4 Å². The van der Waals surface area contributed by atoms with E-state index in [1.165, 1.54) is 12.1 Å². The van der Waals surface area contributed by atoms with Crippen LogP contribution in [0.4, 0.5) is 13.2 Å². The maximum atomic E-state index is 14.6. The van der Waals surface area contributed by atoms with Crippen molar-refractivity contribution in [1.29, 1.82) is 0 Å². The molecule has 0 saturated heterocycles. The molecule has 1 atom stereocenters. The summed E-state index contributed by atoms with van der Waals surface area (Å²) in [6.45, 7) is 7.26. The number of benzene rings is 2. The van der Waals surface area contributed by atoms with Crippen molar-refractivity contribution >= 4 is 64.5 Å². The SMILES string of the molecule is CC(C)OB(O)c1cccc(C(C)(C)NC(=O)c2ccc(C3=NOC(c4cc(Cl)c(Cl)c(Cl)c4)(C(F)(F)F)C3)c3cccn23)c1. The van der Waals surface area contributed by atoms with E-state index >= 15 is 0 Å². The number of nitrogens with zero attached hydrogens (tertiary/aromatic N) is 2. The number of oxime groups is 1. The number of alkyl halides is 3. The predicted octanol–water partition coefficient (Wildman–Crippen LogP) is 7.26. The molecule has 1 amide bonds. The predicted molar refractivity (Wildman–Crippen MR) is 170 cm³/mol. The molecule has 3 heterocycles. The smallest absolute Gasteiger partial charge is 0.423 e. The molecule has 14 heteroatoms. The topological polar surface area (TPSA) is 84.6 Å². The van der Waals surface area contributed by atoms with Gasteiger partial charge in [-0.15, -0.1) is 0 Å². The van der Waals surface area contributed by atoms with Crippen molar-refractivity contribution < 1.29 is 32.5 Å². The van der Waals surface area contributed by atoms with Crippen molar-refractivity contribution in [2.45, 2.75) is 57.5 Å². The standard InChI is InChI=1S/C31H28BCl3F3N3O4/c1-17(2)44-32(43)20-8-5-7-18(13-20)29(3,4)39-28(42)26-11-10-21(25-9-6-12-41(25)26)24-16-30(45-40-24,31(36,37)38)19-14-22(33)27(35)23(34)15-19/h5-15,17,43H,16H2,1-4H3,(H,39,42). The van der Waals surface area contributed by atoms with Crippen LogP contribution < -0.4 is 10.8 Å². The van der Waals surface area contributed by atoms with Crippen LogP contribution in [-0.2, 0) is 20.6 Å². The Kier molecular flexibility index (Phi) is 8.98. The van der Waals surface area contributed by atoms with Crippen LogP contribution in [0.25, 0.3) is 5.52 Å². The van der Waals surface area contributed by atoms with Crippen molar-refractivity contribution in [3.8, 4) is 0 Å². The molecule has 2 aromatic carbocycles. The van der Waals surface area contributed by atoms with Crippen LogP contribution in [0.15, 0.2) is 72.0 Å². The Labute approximate surface area is 273 Å². The second-order valence-electron chi connectivity index (χ2n) is 11.5. The Morgan fingerprint density at radius 1 is 1.09 bits per heavy atom. The van der Waals surface area contributed by atoms with E-state index in [2.05, 4.69) is 10.5 Å². The molecule has 5 rings (SSSR count). The second-order valence-corrected chi connectivity index (χ2v) is 12.7. The lowest BCUT2D eigenvalue weighted by atomic mass is 9.77. The first-order valence-electron chi connectivity index (χ1n) is 13.9. The Morgan fingerprint density at radius 2 is 1.78 bits per heavy atom. The van der Waals surface area contributed by atoms with Gasteiger partial charge in [0.15, 0.2) is 0 Å². The van der Waals surface area contributed by atoms with Gasteiger partial charge in [-0.25, -0.2) is 0 Å². The Hall–Kier alpha value is -3.22. The number of aromatic nitrogens is 1. The molecular weight excluding hydrogens is 653 g/mol. The van der Waals surface area contributed by atoms with E-state index in [1.807, 2.05) is 33.8 Å². The first kappa shape index (κ1) is 33.2. The minimum absolute atomic E-state index is 0.0181. The molecule has 0 aliphatic carbocycles. The molecule has 7 nitrogen and oxygen atoms in total. The third-order valence-electron chi connectivity index (χ3n) is 7.59. The van der Waals surface area contributed by atoms with Gasteiger partial charge in [0.2, 0.25) is 0 Å². The van der Waals surface area contributed by atoms with Crippen molar-refractivity contribution in [3.63, 3.8) is 0 Å². The first-order chi connectivity index (χ1) is 21.0. The summed E-state index contributed by atoms with van der Waals surface area (Å²) in [6.07, 6.45) is -4.12.